The first-order valence-corrected chi connectivity index (χ1v) is 5.79. The quantitative estimate of drug-likeness (QED) is 0.577. The van der Waals surface area contributed by atoms with E-state index in [4.69, 9.17) is 4.74 Å². The molecule has 0 radical (unpaired) electrons. The van der Waals surface area contributed by atoms with Crippen LogP contribution >= 0.6 is 0 Å². The van der Waals surface area contributed by atoms with E-state index in [9.17, 15) is 14.7 Å². The minimum atomic E-state index is -0.732. The molecule has 0 spiro atoms. The van der Waals surface area contributed by atoms with Gasteiger partial charge in [0.2, 0.25) is 0 Å². The highest BCUT2D eigenvalue weighted by Gasteiger charge is 2.40. The summed E-state index contributed by atoms with van der Waals surface area (Å²) < 4.78 is 9.60. The standard InChI is InChI=1S/C11H19NO5/c1-3-4-5-17-11(15)12-7-8(13)6-9(12)10(14)16-2/h8-9,13H,3-7H2,1-2H3/t8-,9-/m0/s1. The lowest BCUT2D eigenvalue weighted by Crippen LogP contribution is -2.41. The molecule has 0 aromatic heterocycles. The summed E-state index contributed by atoms with van der Waals surface area (Å²) in [5.41, 5.74) is 0. The molecular formula is C11H19NO5. The third-order valence-electron chi connectivity index (χ3n) is 2.71. The van der Waals surface area contributed by atoms with Crippen LogP contribution in [0.4, 0.5) is 4.79 Å². The number of nitrogens with zero attached hydrogens (tertiary/aromatic N) is 1. The number of rotatable bonds is 4. The highest BCUT2D eigenvalue weighted by Crippen LogP contribution is 2.20. The number of aliphatic hydroxyl groups is 1. The molecule has 0 saturated carbocycles. The van der Waals surface area contributed by atoms with Gasteiger partial charge in [-0.05, 0) is 6.42 Å². The Hall–Kier alpha value is -1.30. The van der Waals surface area contributed by atoms with Crippen LogP contribution in [0.25, 0.3) is 0 Å². The number of β-amino-alcohol motifs (C(OH)–C–C–N with tert-alkyl or cyclic N) is 1. The fourth-order valence-electron chi connectivity index (χ4n) is 1.76. The van der Waals surface area contributed by atoms with E-state index in [2.05, 4.69) is 4.74 Å². The van der Waals surface area contributed by atoms with Gasteiger partial charge >= 0.3 is 12.1 Å². The molecule has 0 bridgehead atoms. The highest BCUT2D eigenvalue weighted by atomic mass is 16.6. The predicted molar refractivity (Wildman–Crippen MR) is 59.4 cm³/mol. The van der Waals surface area contributed by atoms with Crippen LogP contribution < -0.4 is 0 Å². The molecule has 2 atom stereocenters. The molecule has 0 aromatic rings. The Morgan fingerprint density at radius 1 is 1.47 bits per heavy atom. The average Bonchev–Trinajstić information content (AvgIpc) is 2.70. The van der Waals surface area contributed by atoms with Gasteiger partial charge in [-0.2, -0.15) is 0 Å². The van der Waals surface area contributed by atoms with Crippen molar-refractivity contribution in [2.75, 3.05) is 20.3 Å². The summed E-state index contributed by atoms with van der Waals surface area (Å²) in [7, 11) is 1.26. The van der Waals surface area contributed by atoms with Crippen molar-refractivity contribution in [2.45, 2.75) is 38.3 Å². The van der Waals surface area contributed by atoms with E-state index in [1.165, 1.54) is 12.0 Å². The highest BCUT2D eigenvalue weighted by molar-refractivity contribution is 5.82. The van der Waals surface area contributed by atoms with Gasteiger partial charge in [-0.25, -0.2) is 9.59 Å². The smallest absolute Gasteiger partial charge is 0.410 e. The van der Waals surface area contributed by atoms with Gasteiger partial charge in [-0.1, -0.05) is 13.3 Å². The van der Waals surface area contributed by atoms with Crippen molar-refractivity contribution >= 4 is 12.1 Å². The fraction of sp³-hybridized carbons (Fsp3) is 0.818. The number of unbranched alkanes of at least 4 members (excludes halogenated alkanes) is 1. The lowest BCUT2D eigenvalue weighted by Gasteiger charge is -2.21. The lowest BCUT2D eigenvalue weighted by atomic mass is 10.2. The number of hydrogen-bond acceptors (Lipinski definition) is 5. The van der Waals surface area contributed by atoms with Crippen molar-refractivity contribution in [3.8, 4) is 0 Å². The van der Waals surface area contributed by atoms with Gasteiger partial charge in [0.05, 0.1) is 26.4 Å². The molecule has 1 saturated heterocycles. The molecule has 1 aliphatic rings. The molecule has 1 heterocycles. The van der Waals surface area contributed by atoms with Gasteiger partial charge in [0.25, 0.3) is 0 Å². The Labute approximate surface area is 100 Å². The number of likely N-dealkylation sites (tertiary alicyclic amines) is 1. The molecule has 98 valence electrons. The minimum absolute atomic E-state index is 0.116. The minimum Gasteiger partial charge on any atom is -0.467 e. The first-order valence-electron chi connectivity index (χ1n) is 5.79. The maximum atomic E-state index is 11.7. The zero-order chi connectivity index (χ0) is 12.8. The van der Waals surface area contributed by atoms with E-state index in [1.54, 1.807) is 0 Å². The SMILES string of the molecule is CCCCOC(=O)N1C[C@@H](O)C[C@H]1C(=O)OC. The maximum Gasteiger partial charge on any atom is 0.410 e. The topological polar surface area (TPSA) is 76.1 Å². The molecule has 0 aromatic carbocycles. The molecule has 1 aliphatic heterocycles. The van der Waals surface area contributed by atoms with Gasteiger partial charge in [0.1, 0.15) is 6.04 Å². The number of methoxy groups -OCH3 is 1. The van der Waals surface area contributed by atoms with Crippen LogP contribution in [0.15, 0.2) is 0 Å². The summed E-state index contributed by atoms with van der Waals surface area (Å²) in [6.45, 7) is 2.44. The van der Waals surface area contributed by atoms with E-state index in [1.807, 2.05) is 6.92 Å². The number of carbonyl (C=O) groups is 2. The van der Waals surface area contributed by atoms with Crippen LogP contribution in [0.3, 0.4) is 0 Å². The van der Waals surface area contributed by atoms with Gasteiger partial charge in [-0.3, -0.25) is 4.90 Å². The molecule has 1 amide bonds. The summed E-state index contributed by atoms with van der Waals surface area (Å²) in [5.74, 6) is -0.519. The van der Waals surface area contributed by atoms with Gasteiger partial charge in [-0.15, -0.1) is 0 Å². The number of amides is 1. The zero-order valence-electron chi connectivity index (χ0n) is 10.2. The molecule has 17 heavy (non-hydrogen) atoms. The van der Waals surface area contributed by atoms with Crippen LogP contribution in [0.2, 0.25) is 0 Å². The predicted octanol–water partition coefficient (Wildman–Crippen LogP) is 0.531. The third kappa shape index (κ3) is 3.59. The summed E-state index contributed by atoms with van der Waals surface area (Å²) in [5, 5.41) is 9.48. The van der Waals surface area contributed by atoms with E-state index in [-0.39, 0.29) is 13.0 Å². The van der Waals surface area contributed by atoms with Gasteiger partial charge < -0.3 is 14.6 Å². The molecule has 0 unspecified atom stereocenters. The number of carbonyl (C=O) groups excluding carboxylic acids is 2. The van der Waals surface area contributed by atoms with Crippen molar-refractivity contribution in [3.05, 3.63) is 0 Å². The molecule has 0 aliphatic carbocycles. The number of hydrogen-bond donors (Lipinski definition) is 1. The van der Waals surface area contributed by atoms with Crippen LogP contribution in [0.5, 0.6) is 0 Å². The second-order valence-corrected chi connectivity index (χ2v) is 4.05. The zero-order valence-corrected chi connectivity index (χ0v) is 10.2. The van der Waals surface area contributed by atoms with Crippen LogP contribution in [0, 0.1) is 0 Å². The van der Waals surface area contributed by atoms with Gasteiger partial charge in [0.15, 0.2) is 0 Å². The molecule has 1 rings (SSSR count). The Morgan fingerprint density at radius 2 is 2.18 bits per heavy atom. The number of esters is 1. The van der Waals surface area contributed by atoms with E-state index in [0.717, 1.165) is 12.8 Å². The van der Waals surface area contributed by atoms with Gasteiger partial charge in [0, 0.05) is 6.42 Å². The molecular weight excluding hydrogens is 226 g/mol. The molecule has 1 fully saturated rings. The number of ether oxygens (including phenoxy) is 2. The summed E-state index contributed by atoms with van der Waals surface area (Å²) in [6, 6.07) is -0.732. The second kappa shape index (κ2) is 6.44. The van der Waals surface area contributed by atoms with Crippen LogP contribution in [0.1, 0.15) is 26.2 Å². The molecule has 1 N–H and O–H groups in total. The first-order chi connectivity index (χ1) is 8.10. The van der Waals surface area contributed by atoms with Crippen molar-refractivity contribution in [2.24, 2.45) is 0 Å². The van der Waals surface area contributed by atoms with E-state index >= 15 is 0 Å². The number of aliphatic hydroxyl groups excluding tert-OH is 1. The summed E-state index contributed by atoms with van der Waals surface area (Å²) in [6.07, 6.45) is 0.653. The van der Waals surface area contributed by atoms with E-state index < -0.39 is 24.2 Å². The molecule has 6 nitrogen and oxygen atoms in total. The average molecular weight is 245 g/mol. The molecule has 6 heteroatoms. The Balaban J connectivity index is 2.54. The Bertz CT molecular complexity index is 281. The normalized spacial score (nSPS) is 23.6. The fourth-order valence-corrected chi connectivity index (χ4v) is 1.76. The van der Waals surface area contributed by atoms with Crippen LogP contribution in [-0.4, -0.2) is 54.5 Å². The largest absolute Gasteiger partial charge is 0.467 e. The van der Waals surface area contributed by atoms with Crippen molar-refractivity contribution in [3.63, 3.8) is 0 Å². The summed E-state index contributed by atoms with van der Waals surface area (Å²) in [4.78, 5) is 24.3. The lowest BCUT2D eigenvalue weighted by molar-refractivity contribution is -0.145. The third-order valence-corrected chi connectivity index (χ3v) is 2.71. The van der Waals surface area contributed by atoms with E-state index in [0.29, 0.717) is 6.61 Å². The Morgan fingerprint density at radius 3 is 2.76 bits per heavy atom. The first kappa shape index (κ1) is 13.8. The maximum absolute atomic E-state index is 11.7. The van der Waals surface area contributed by atoms with Crippen LogP contribution in [-0.2, 0) is 14.3 Å². The van der Waals surface area contributed by atoms with Crippen molar-refractivity contribution in [1.29, 1.82) is 0 Å². The van der Waals surface area contributed by atoms with Crippen molar-refractivity contribution < 1.29 is 24.2 Å². The monoisotopic (exact) mass is 245 g/mol. The summed E-state index contributed by atoms with van der Waals surface area (Å²) >= 11 is 0. The van der Waals surface area contributed by atoms with Crippen molar-refractivity contribution in [1.82, 2.24) is 4.90 Å². The Kier molecular flexibility index (Phi) is 5.21. The second-order valence-electron chi connectivity index (χ2n) is 4.05.